The first kappa shape index (κ1) is 14.2. The highest BCUT2D eigenvalue weighted by Crippen LogP contribution is 2.05. The summed E-state index contributed by atoms with van der Waals surface area (Å²) in [6.45, 7) is 5.65. The molecule has 2 N–H and O–H groups in total. The lowest BCUT2D eigenvalue weighted by atomic mass is 10.1. The maximum Gasteiger partial charge on any atom is 0.0681 e. The molecule has 96 valence electrons. The molecule has 1 aromatic carbocycles. The van der Waals surface area contributed by atoms with Crippen molar-refractivity contribution in [3.63, 3.8) is 0 Å². The highest BCUT2D eigenvalue weighted by Gasteiger charge is 2.00. The Hall–Kier alpha value is -0.860. The van der Waals surface area contributed by atoms with Crippen molar-refractivity contribution in [2.75, 3.05) is 6.54 Å². The van der Waals surface area contributed by atoms with E-state index >= 15 is 0 Å². The van der Waals surface area contributed by atoms with Crippen LogP contribution < -0.4 is 5.32 Å². The van der Waals surface area contributed by atoms with E-state index in [1.165, 1.54) is 24.8 Å². The van der Waals surface area contributed by atoms with Gasteiger partial charge in [-0.25, -0.2) is 0 Å². The molecule has 0 aliphatic heterocycles. The summed E-state index contributed by atoms with van der Waals surface area (Å²) in [7, 11) is 0. The molecule has 0 aliphatic rings. The van der Waals surface area contributed by atoms with Crippen LogP contribution >= 0.6 is 0 Å². The summed E-state index contributed by atoms with van der Waals surface area (Å²) in [6, 6.07) is 8.81. The van der Waals surface area contributed by atoms with Crippen LogP contribution in [0.2, 0.25) is 0 Å². The smallest absolute Gasteiger partial charge is 0.0681 e. The zero-order valence-corrected chi connectivity index (χ0v) is 11.1. The van der Waals surface area contributed by atoms with Crippen LogP contribution in [0, 0.1) is 0 Å². The quantitative estimate of drug-likeness (QED) is 0.726. The zero-order chi connectivity index (χ0) is 12.5. The normalized spacial score (nSPS) is 12.6. The molecule has 0 radical (unpaired) electrons. The van der Waals surface area contributed by atoms with E-state index < -0.39 is 0 Å². The molecule has 0 aromatic heterocycles. The van der Waals surface area contributed by atoms with E-state index in [-0.39, 0.29) is 6.61 Å². The number of aliphatic hydroxyl groups excluding tert-OH is 1. The molecule has 0 saturated carbocycles. The van der Waals surface area contributed by atoms with Crippen LogP contribution in [-0.4, -0.2) is 17.7 Å². The van der Waals surface area contributed by atoms with Crippen molar-refractivity contribution in [1.29, 1.82) is 0 Å². The molecule has 1 aromatic rings. The second-order valence-electron chi connectivity index (χ2n) is 4.72. The van der Waals surface area contributed by atoms with E-state index in [0.29, 0.717) is 6.04 Å². The average molecular weight is 235 g/mol. The van der Waals surface area contributed by atoms with Gasteiger partial charge in [-0.05, 0) is 37.4 Å². The molecule has 0 heterocycles. The van der Waals surface area contributed by atoms with Crippen LogP contribution in [-0.2, 0) is 13.0 Å². The molecule has 0 aliphatic carbocycles. The number of unbranched alkanes of at least 4 members (excludes halogenated alkanes) is 1. The molecule has 1 rings (SSSR count). The van der Waals surface area contributed by atoms with Crippen LogP contribution in [0.15, 0.2) is 24.3 Å². The molecule has 2 nitrogen and oxygen atoms in total. The first-order chi connectivity index (χ1) is 8.26. The van der Waals surface area contributed by atoms with Crippen molar-refractivity contribution in [2.24, 2.45) is 0 Å². The monoisotopic (exact) mass is 235 g/mol. The Kier molecular flexibility index (Phi) is 6.90. The molecule has 1 atom stereocenters. The maximum atomic E-state index is 8.95. The topological polar surface area (TPSA) is 32.3 Å². The Morgan fingerprint density at radius 1 is 1.18 bits per heavy atom. The molecule has 1 unspecified atom stereocenters. The summed E-state index contributed by atoms with van der Waals surface area (Å²) < 4.78 is 0. The molecule has 0 spiro atoms. The number of hydrogen-bond acceptors (Lipinski definition) is 2. The average Bonchev–Trinajstić information content (AvgIpc) is 2.37. The Morgan fingerprint density at radius 3 is 2.41 bits per heavy atom. The predicted molar refractivity (Wildman–Crippen MR) is 73.1 cm³/mol. The predicted octanol–water partition coefficient (Wildman–Crippen LogP) is 2.89. The van der Waals surface area contributed by atoms with Crippen LogP contribution in [0.25, 0.3) is 0 Å². The van der Waals surface area contributed by atoms with E-state index in [0.717, 1.165) is 18.5 Å². The van der Waals surface area contributed by atoms with Crippen molar-refractivity contribution in [3.8, 4) is 0 Å². The highest BCUT2D eigenvalue weighted by molar-refractivity contribution is 5.22. The Morgan fingerprint density at radius 2 is 1.82 bits per heavy atom. The minimum Gasteiger partial charge on any atom is -0.392 e. The molecular weight excluding hydrogens is 210 g/mol. The summed E-state index contributed by atoms with van der Waals surface area (Å²) in [6.07, 6.45) is 4.90. The van der Waals surface area contributed by atoms with E-state index in [2.05, 4.69) is 31.3 Å². The largest absolute Gasteiger partial charge is 0.392 e. The number of nitrogens with one attached hydrogen (secondary N) is 1. The Balaban J connectivity index is 2.21. The summed E-state index contributed by atoms with van der Waals surface area (Å²) >= 11 is 0. The fraction of sp³-hybridized carbons (Fsp3) is 0.600. The minimum absolute atomic E-state index is 0.132. The van der Waals surface area contributed by atoms with Gasteiger partial charge in [0.2, 0.25) is 0 Å². The molecule has 2 heteroatoms. The third kappa shape index (κ3) is 5.85. The molecule has 0 amide bonds. The van der Waals surface area contributed by atoms with Gasteiger partial charge in [0.05, 0.1) is 6.61 Å². The van der Waals surface area contributed by atoms with Crippen molar-refractivity contribution in [1.82, 2.24) is 5.32 Å². The van der Waals surface area contributed by atoms with Gasteiger partial charge in [-0.2, -0.15) is 0 Å². The number of benzene rings is 1. The maximum absolute atomic E-state index is 8.95. The second-order valence-corrected chi connectivity index (χ2v) is 4.72. The lowest BCUT2D eigenvalue weighted by Crippen LogP contribution is -2.27. The SMILES string of the molecule is CCCCC(C)NCCc1ccc(CO)cc1. The van der Waals surface area contributed by atoms with Gasteiger partial charge in [-0.15, -0.1) is 0 Å². The van der Waals surface area contributed by atoms with Crippen LogP contribution in [0.4, 0.5) is 0 Å². The van der Waals surface area contributed by atoms with Crippen LogP contribution in [0.5, 0.6) is 0 Å². The van der Waals surface area contributed by atoms with Crippen LogP contribution in [0.1, 0.15) is 44.2 Å². The van der Waals surface area contributed by atoms with Crippen molar-refractivity contribution in [3.05, 3.63) is 35.4 Å². The Labute approximate surface area is 105 Å². The second kappa shape index (κ2) is 8.26. The van der Waals surface area contributed by atoms with Gasteiger partial charge in [0, 0.05) is 6.04 Å². The first-order valence-corrected chi connectivity index (χ1v) is 6.68. The fourth-order valence-electron chi connectivity index (χ4n) is 1.89. The molecule has 0 fully saturated rings. The van der Waals surface area contributed by atoms with Gasteiger partial charge in [-0.1, -0.05) is 44.0 Å². The standard InChI is InChI=1S/C15H25NO/c1-3-4-5-13(2)16-11-10-14-6-8-15(12-17)9-7-14/h6-9,13,16-17H,3-5,10-12H2,1-2H3. The van der Waals surface area contributed by atoms with Gasteiger partial charge >= 0.3 is 0 Å². The lowest BCUT2D eigenvalue weighted by Gasteiger charge is -2.13. The summed E-state index contributed by atoms with van der Waals surface area (Å²) in [5.41, 5.74) is 2.32. The molecule has 17 heavy (non-hydrogen) atoms. The third-order valence-electron chi connectivity index (χ3n) is 3.10. The van der Waals surface area contributed by atoms with E-state index in [4.69, 9.17) is 5.11 Å². The minimum atomic E-state index is 0.132. The molecular formula is C15H25NO. The van der Waals surface area contributed by atoms with E-state index in [1.54, 1.807) is 0 Å². The summed E-state index contributed by atoms with van der Waals surface area (Å²) in [4.78, 5) is 0. The summed E-state index contributed by atoms with van der Waals surface area (Å²) in [5.74, 6) is 0. The summed E-state index contributed by atoms with van der Waals surface area (Å²) in [5, 5.41) is 12.5. The van der Waals surface area contributed by atoms with Crippen molar-refractivity contribution in [2.45, 2.75) is 52.2 Å². The van der Waals surface area contributed by atoms with Gasteiger partial charge < -0.3 is 10.4 Å². The van der Waals surface area contributed by atoms with Gasteiger partial charge in [0.1, 0.15) is 0 Å². The lowest BCUT2D eigenvalue weighted by molar-refractivity contribution is 0.282. The number of aliphatic hydroxyl groups is 1. The van der Waals surface area contributed by atoms with E-state index in [1.807, 2.05) is 12.1 Å². The van der Waals surface area contributed by atoms with Crippen molar-refractivity contribution < 1.29 is 5.11 Å². The molecule has 0 bridgehead atoms. The molecule has 0 saturated heterocycles. The van der Waals surface area contributed by atoms with Gasteiger partial charge in [-0.3, -0.25) is 0 Å². The van der Waals surface area contributed by atoms with Gasteiger partial charge in [0.15, 0.2) is 0 Å². The van der Waals surface area contributed by atoms with Crippen molar-refractivity contribution >= 4 is 0 Å². The van der Waals surface area contributed by atoms with Gasteiger partial charge in [0.25, 0.3) is 0 Å². The Bertz CT molecular complexity index is 294. The number of rotatable bonds is 8. The van der Waals surface area contributed by atoms with Crippen LogP contribution in [0.3, 0.4) is 0 Å². The zero-order valence-electron chi connectivity index (χ0n) is 11.1. The highest BCUT2D eigenvalue weighted by atomic mass is 16.3. The van der Waals surface area contributed by atoms with E-state index in [9.17, 15) is 0 Å². The number of hydrogen-bond donors (Lipinski definition) is 2. The first-order valence-electron chi connectivity index (χ1n) is 6.68. The fourth-order valence-corrected chi connectivity index (χ4v) is 1.89. The third-order valence-corrected chi connectivity index (χ3v) is 3.10.